The predicted octanol–water partition coefficient (Wildman–Crippen LogP) is 3.85. The number of carboxylic acid groups (broad SMARTS) is 1. The minimum absolute atomic E-state index is 0.0308. The second kappa shape index (κ2) is 9.90. The van der Waals surface area contributed by atoms with Crippen LogP contribution in [0.15, 0.2) is 41.2 Å². The Morgan fingerprint density at radius 3 is 2.50 bits per heavy atom. The lowest BCUT2D eigenvalue weighted by Gasteiger charge is -2.25. The third-order valence-electron chi connectivity index (χ3n) is 7.48. The van der Waals surface area contributed by atoms with Crippen molar-refractivity contribution in [1.82, 2.24) is 9.13 Å². The molecular formula is C29H30N2O7. The molecule has 9 heteroatoms. The zero-order valence-electron chi connectivity index (χ0n) is 21.6. The van der Waals surface area contributed by atoms with Crippen LogP contribution in [0.25, 0.3) is 22.2 Å². The van der Waals surface area contributed by atoms with Crippen molar-refractivity contribution in [3.05, 3.63) is 74.7 Å². The number of fused-ring (bicyclic) bond motifs is 4. The molecule has 4 aromatic rings. The summed E-state index contributed by atoms with van der Waals surface area (Å²) in [6, 6.07) is 11.2. The minimum Gasteiger partial charge on any atom is -0.506 e. The van der Waals surface area contributed by atoms with E-state index in [4.69, 9.17) is 9.47 Å². The van der Waals surface area contributed by atoms with Gasteiger partial charge in [-0.1, -0.05) is 0 Å². The molecule has 198 valence electrons. The molecule has 0 unspecified atom stereocenters. The van der Waals surface area contributed by atoms with Gasteiger partial charge in [-0.25, -0.2) is 4.79 Å². The van der Waals surface area contributed by atoms with Gasteiger partial charge in [0.25, 0.3) is 5.56 Å². The van der Waals surface area contributed by atoms with Gasteiger partial charge < -0.3 is 33.9 Å². The van der Waals surface area contributed by atoms with E-state index in [1.54, 1.807) is 25.3 Å². The molecule has 0 saturated carbocycles. The van der Waals surface area contributed by atoms with E-state index < -0.39 is 22.8 Å². The maximum atomic E-state index is 13.7. The van der Waals surface area contributed by atoms with Gasteiger partial charge in [0.1, 0.15) is 17.2 Å². The first kappa shape index (κ1) is 25.4. The maximum Gasteiger partial charge on any atom is 0.345 e. The van der Waals surface area contributed by atoms with Crippen LogP contribution in [0, 0.1) is 0 Å². The van der Waals surface area contributed by atoms with Gasteiger partial charge in [-0.3, -0.25) is 4.79 Å². The van der Waals surface area contributed by atoms with Gasteiger partial charge >= 0.3 is 5.97 Å². The Hall–Kier alpha value is -4.24. The van der Waals surface area contributed by atoms with Gasteiger partial charge in [-0.2, -0.15) is 0 Å². The fraction of sp³-hybridized carbons (Fsp3) is 0.310. The monoisotopic (exact) mass is 518 g/mol. The van der Waals surface area contributed by atoms with Crippen molar-refractivity contribution < 1.29 is 29.6 Å². The van der Waals surface area contributed by atoms with Crippen LogP contribution >= 0.6 is 0 Å². The lowest BCUT2D eigenvalue weighted by atomic mass is 9.88. The molecule has 0 aliphatic heterocycles. The van der Waals surface area contributed by atoms with Gasteiger partial charge in [0.15, 0.2) is 5.56 Å². The number of rotatable bonds is 6. The second-order valence-electron chi connectivity index (χ2n) is 9.55. The number of aliphatic hydroxyl groups is 1. The molecule has 0 atom stereocenters. The fourth-order valence-corrected chi connectivity index (χ4v) is 5.49. The van der Waals surface area contributed by atoms with Crippen LogP contribution in [-0.2, 0) is 33.0 Å². The number of aliphatic hydroxyl groups excluding tert-OH is 1. The van der Waals surface area contributed by atoms with E-state index in [0.717, 1.165) is 47.0 Å². The van der Waals surface area contributed by atoms with Crippen LogP contribution in [-0.4, -0.2) is 44.6 Å². The van der Waals surface area contributed by atoms with Crippen molar-refractivity contribution in [1.29, 1.82) is 0 Å². The molecule has 38 heavy (non-hydrogen) atoms. The fourth-order valence-electron chi connectivity index (χ4n) is 5.49. The highest BCUT2D eigenvalue weighted by molar-refractivity contribution is 5.93. The number of benzene rings is 2. The van der Waals surface area contributed by atoms with Crippen LogP contribution < -0.4 is 15.0 Å². The molecule has 0 fully saturated rings. The summed E-state index contributed by atoms with van der Waals surface area (Å²) in [5.74, 6) is -0.875. The first-order chi connectivity index (χ1) is 18.3. The Labute approximate surface area is 219 Å². The zero-order valence-corrected chi connectivity index (χ0v) is 21.6. The number of pyridine rings is 1. The summed E-state index contributed by atoms with van der Waals surface area (Å²) in [5.41, 5.74) is 3.63. The van der Waals surface area contributed by atoms with Crippen LogP contribution in [0.5, 0.6) is 17.2 Å². The standard InChI is InChI=1S/C29H30N2O7/c1-30-19(15-32)10-18-11-22-16(12-23(18)30)6-4-5-7-21-26(22)31(28(34)25(27(21)33)29(35)36)14-17-8-9-20(37-2)13-24(17)38-3/h8-13,32-33H,4-7,14-15H2,1-3H3,(H,35,36). The Bertz CT molecular complexity index is 1630. The number of carboxylic acids is 1. The van der Waals surface area contributed by atoms with Gasteiger partial charge in [0.2, 0.25) is 0 Å². The molecule has 2 aromatic heterocycles. The second-order valence-corrected chi connectivity index (χ2v) is 9.55. The lowest BCUT2D eigenvalue weighted by molar-refractivity contribution is 0.0690. The first-order valence-corrected chi connectivity index (χ1v) is 12.4. The minimum atomic E-state index is -1.47. The van der Waals surface area contributed by atoms with E-state index in [-0.39, 0.29) is 13.2 Å². The van der Waals surface area contributed by atoms with Gasteiger partial charge in [-0.15, -0.1) is 0 Å². The van der Waals surface area contributed by atoms with Crippen molar-refractivity contribution in [2.75, 3.05) is 14.2 Å². The quantitative estimate of drug-likeness (QED) is 0.354. The maximum absolute atomic E-state index is 13.7. The van der Waals surface area contributed by atoms with Crippen LogP contribution in [0.3, 0.4) is 0 Å². The largest absolute Gasteiger partial charge is 0.506 e. The summed E-state index contributed by atoms with van der Waals surface area (Å²) < 4.78 is 14.2. The van der Waals surface area contributed by atoms with Gasteiger partial charge in [0, 0.05) is 46.4 Å². The molecule has 0 radical (unpaired) electrons. The number of aromatic nitrogens is 2. The third-order valence-corrected chi connectivity index (χ3v) is 7.48. The van der Waals surface area contributed by atoms with E-state index in [0.29, 0.717) is 34.7 Å². The summed E-state index contributed by atoms with van der Waals surface area (Å²) in [4.78, 5) is 25.9. The molecular weight excluding hydrogens is 488 g/mol. The highest BCUT2D eigenvalue weighted by Crippen LogP contribution is 2.40. The van der Waals surface area contributed by atoms with Crippen LogP contribution in [0.4, 0.5) is 0 Å². The SMILES string of the molecule is COc1ccc(Cn2c3c(c(O)c(C(=O)O)c2=O)CCCCc2cc4c(cc2-3)cc(CO)n4C)c(OC)c1. The average molecular weight is 519 g/mol. The summed E-state index contributed by atoms with van der Waals surface area (Å²) in [6.45, 7) is -0.0831. The third kappa shape index (κ3) is 4.09. The number of aromatic carboxylic acids is 1. The van der Waals surface area contributed by atoms with Crippen molar-refractivity contribution >= 4 is 16.9 Å². The summed E-state index contributed by atoms with van der Waals surface area (Å²) in [5, 5.41) is 31.7. The summed E-state index contributed by atoms with van der Waals surface area (Å²) >= 11 is 0. The first-order valence-electron chi connectivity index (χ1n) is 12.4. The normalized spacial score (nSPS) is 12.9. The van der Waals surface area contributed by atoms with E-state index >= 15 is 0 Å². The topological polar surface area (TPSA) is 123 Å². The summed E-state index contributed by atoms with van der Waals surface area (Å²) in [6.07, 6.45) is 2.74. The molecule has 0 spiro atoms. The number of aromatic hydroxyl groups is 1. The zero-order chi connectivity index (χ0) is 27.1. The number of hydrogen-bond donors (Lipinski definition) is 3. The molecule has 0 bridgehead atoms. The number of hydrogen-bond acceptors (Lipinski definition) is 6. The molecule has 2 aromatic carbocycles. The molecule has 1 aliphatic carbocycles. The number of methoxy groups -OCH3 is 2. The van der Waals surface area contributed by atoms with E-state index in [2.05, 4.69) is 6.07 Å². The lowest BCUT2D eigenvalue weighted by Crippen LogP contribution is -2.30. The predicted molar refractivity (Wildman–Crippen MR) is 142 cm³/mol. The van der Waals surface area contributed by atoms with Crippen molar-refractivity contribution in [3.63, 3.8) is 0 Å². The van der Waals surface area contributed by atoms with Crippen LogP contribution in [0.1, 0.15) is 45.6 Å². The smallest absolute Gasteiger partial charge is 0.345 e. The van der Waals surface area contributed by atoms with Gasteiger partial charge in [0.05, 0.1) is 33.1 Å². The molecule has 3 N–H and O–H groups in total. The molecule has 2 heterocycles. The number of aryl methyl sites for hydroxylation is 2. The Balaban J connectivity index is 1.85. The van der Waals surface area contributed by atoms with E-state index in [1.807, 2.05) is 23.7 Å². The number of ether oxygens (including phenoxy) is 2. The van der Waals surface area contributed by atoms with Crippen molar-refractivity contribution in [2.45, 2.75) is 38.8 Å². The van der Waals surface area contributed by atoms with Gasteiger partial charge in [-0.05, 0) is 61.6 Å². The molecule has 0 amide bonds. The average Bonchev–Trinajstić information content (AvgIpc) is 3.21. The molecule has 0 saturated heterocycles. The number of nitrogens with zero attached hydrogens (tertiary/aromatic N) is 2. The van der Waals surface area contributed by atoms with Crippen LogP contribution in [0.2, 0.25) is 0 Å². The Kier molecular flexibility index (Phi) is 6.62. The number of carbonyl (C=O) groups is 1. The van der Waals surface area contributed by atoms with E-state index in [9.17, 15) is 24.9 Å². The Morgan fingerprint density at radius 1 is 1.05 bits per heavy atom. The highest BCUT2D eigenvalue weighted by Gasteiger charge is 2.29. The van der Waals surface area contributed by atoms with Crippen molar-refractivity contribution in [3.8, 4) is 28.5 Å². The Morgan fingerprint density at radius 2 is 1.82 bits per heavy atom. The summed E-state index contributed by atoms with van der Waals surface area (Å²) in [7, 11) is 4.96. The van der Waals surface area contributed by atoms with Crippen molar-refractivity contribution in [2.24, 2.45) is 7.05 Å². The van der Waals surface area contributed by atoms with E-state index in [1.165, 1.54) is 11.7 Å². The molecule has 5 rings (SSSR count). The molecule has 1 aliphatic rings. The molecule has 9 nitrogen and oxygen atoms in total. The highest BCUT2D eigenvalue weighted by atomic mass is 16.5.